The van der Waals surface area contributed by atoms with Gasteiger partial charge in [0.05, 0.1) is 11.9 Å². The van der Waals surface area contributed by atoms with E-state index in [1.807, 2.05) is 13.8 Å². The molecule has 2 heterocycles. The summed E-state index contributed by atoms with van der Waals surface area (Å²) in [5.41, 5.74) is 6.46. The van der Waals surface area contributed by atoms with Gasteiger partial charge in [0.15, 0.2) is 0 Å². The lowest BCUT2D eigenvalue weighted by molar-refractivity contribution is 0.488. The number of hydrogen-bond acceptors (Lipinski definition) is 4. The number of hydrogen-bond donors (Lipinski definition) is 1. The van der Waals surface area contributed by atoms with Crippen LogP contribution in [0.3, 0.4) is 0 Å². The maximum absolute atomic E-state index is 12.1. The normalized spacial score (nSPS) is 20.8. The van der Waals surface area contributed by atoms with Crippen LogP contribution in [-0.2, 0) is 6.54 Å². The van der Waals surface area contributed by atoms with Gasteiger partial charge in [-0.25, -0.2) is 4.68 Å². The van der Waals surface area contributed by atoms with E-state index >= 15 is 0 Å². The zero-order valence-electron chi connectivity index (χ0n) is 11.5. The Labute approximate surface area is 118 Å². The smallest absolute Gasteiger partial charge is 0.287 e. The van der Waals surface area contributed by atoms with Crippen molar-refractivity contribution in [1.82, 2.24) is 9.78 Å². The van der Waals surface area contributed by atoms with Crippen molar-refractivity contribution in [1.29, 1.82) is 0 Å². The molecular weight excluding hydrogens is 264 g/mol. The zero-order valence-corrected chi connectivity index (χ0v) is 12.2. The Morgan fingerprint density at radius 3 is 2.95 bits per heavy atom. The van der Waals surface area contributed by atoms with Crippen LogP contribution in [0.2, 0.25) is 5.02 Å². The topological polar surface area (TPSA) is 64.2 Å². The second-order valence-corrected chi connectivity index (χ2v) is 5.60. The maximum atomic E-state index is 12.1. The molecule has 19 heavy (non-hydrogen) atoms. The van der Waals surface area contributed by atoms with Gasteiger partial charge in [0, 0.05) is 25.7 Å². The molecule has 0 aromatic carbocycles. The molecule has 2 rings (SSSR count). The second kappa shape index (κ2) is 5.92. The molecule has 0 amide bonds. The number of rotatable bonds is 4. The highest BCUT2D eigenvalue weighted by atomic mass is 35.5. The van der Waals surface area contributed by atoms with E-state index in [0.717, 1.165) is 31.6 Å². The Hall–Kier alpha value is -1.07. The Morgan fingerprint density at radius 1 is 1.63 bits per heavy atom. The second-order valence-electron chi connectivity index (χ2n) is 5.23. The lowest BCUT2D eigenvalue weighted by Gasteiger charge is -2.21. The van der Waals surface area contributed by atoms with E-state index in [0.29, 0.717) is 12.5 Å². The van der Waals surface area contributed by atoms with E-state index in [9.17, 15) is 4.79 Å². The van der Waals surface area contributed by atoms with Crippen LogP contribution in [0.5, 0.6) is 0 Å². The van der Waals surface area contributed by atoms with Crippen molar-refractivity contribution in [2.24, 2.45) is 11.7 Å². The number of halogens is 1. The van der Waals surface area contributed by atoms with E-state index < -0.39 is 0 Å². The monoisotopic (exact) mass is 284 g/mol. The van der Waals surface area contributed by atoms with E-state index in [2.05, 4.69) is 10.00 Å². The van der Waals surface area contributed by atoms with Crippen LogP contribution in [0.4, 0.5) is 5.69 Å². The van der Waals surface area contributed by atoms with E-state index in [-0.39, 0.29) is 16.6 Å². The Morgan fingerprint density at radius 2 is 2.37 bits per heavy atom. The van der Waals surface area contributed by atoms with Gasteiger partial charge < -0.3 is 10.6 Å². The molecule has 1 saturated heterocycles. The quantitative estimate of drug-likeness (QED) is 0.910. The summed E-state index contributed by atoms with van der Waals surface area (Å²) in [5.74, 6) is 0.453. The van der Waals surface area contributed by atoms with Gasteiger partial charge in [-0.05, 0) is 25.7 Å². The third kappa shape index (κ3) is 2.92. The molecule has 2 unspecified atom stereocenters. The molecule has 106 valence electrons. The Balaban J connectivity index is 2.23. The summed E-state index contributed by atoms with van der Waals surface area (Å²) in [6.45, 7) is 6.35. The molecule has 0 bridgehead atoms. The molecule has 0 radical (unpaired) electrons. The lowest BCUT2D eigenvalue weighted by Crippen LogP contribution is -2.31. The van der Waals surface area contributed by atoms with Gasteiger partial charge in [0.25, 0.3) is 5.56 Å². The predicted molar refractivity (Wildman–Crippen MR) is 77.8 cm³/mol. The third-order valence-corrected chi connectivity index (χ3v) is 4.07. The number of aromatic nitrogens is 2. The first-order valence-corrected chi connectivity index (χ1v) is 7.18. The molecule has 1 aromatic rings. The molecule has 1 aliphatic heterocycles. The molecule has 2 atom stereocenters. The van der Waals surface area contributed by atoms with Gasteiger partial charge in [-0.15, -0.1) is 0 Å². The van der Waals surface area contributed by atoms with Crippen LogP contribution >= 0.6 is 11.6 Å². The van der Waals surface area contributed by atoms with Crippen LogP contribution in [-0.4, -0.2) is 28.9 Å². The van der Waals surface area contributed by atoms with Crippen molar-refractivity contribution >= 4 is 17.3 Å². The van der Waals surface area contributed by atoms with Crippen molar-refractivity contribution in [2.75, 3.05) is 18.0 Å². The highest BCUT2D eigenvalue weighted by molar-refractivity contribution is 6.33. The first-order chi connectivity index (χ1) is 9.04. The fraction of sp³-hybridized carbons (Fsp3) is 0.692. The van der Waals surface area contributed by atoms with Gasteiger partial charge in [-0.3, -0.25) is 4.79 Å². The van der Waals surface area contributed by atoms with Gasteiger partial charge >= 0.3 is 0 Å². The zero-order chi connectivity index (χ0) is 14.0. The van der Waals surface area contributed by atoms with Crippen LogP contribution in [0.25, 0.3) is 0 Å². The van der Waals surface area contributed by atoms with Gasteiger partial charge in [-0.2, -0.15) is 5.10 Å². The summed E-state index contributed by atoms with van der Waals surface area (Å²) in [7, 11) is 0. The van der Waals surface area contributed by atoms with Crippen molar-refractivity contribution in [3.8, 4) is 0 Å². The van der Waals surface area contributed by atoms with Gasteiger partial charge in [0.2, 0.25) is 0 Å². The van der Waals surface area contributed by atoms with Gasteiger partial charge in [0.1, 0.15) is 5.02 Å². The van der Waals surface area contributed by atoms with E-state index in [1.165, 1.54) is 4.68 Å². The third-order valence-electron chi connectivity index (χ3n) is 3.71. The van der Waals surface area contributed by atoms with Crippen LogP contribution in [0.1, 0.15) is 26.7 Å². The summed E-state index contributed by atoms with van der Waals surface area (Å²) in [6, 6.07) is 0.164. The van der Waals surface area contributed by atoms with Crippen molar-refractivity contribution in [2.45, 2.75) is 39.3 Å². The summed E-state index contributed by atoms with van der Waals surface area (Å²) in [4.78, 5) is 14.2. The number of nitrogens with two attached hydrogens (primary N) is 1. The van der Waals surface area contributed by atoms with Crippen LogP contribution < -0.4 is 16.2 Å². The first-order valence-electron chi connectivity index (χ1n) is 6.80. The molecule has 5 nitrogen and oxygen atoms in total. The highest BCUT2D eigenvalue weighted by Gasteiger charge is 2.27. The molecular formula is C13H21ClN4O. The summed E-state index contributed by atoms with van der Waals surface area (Å²) >= 11 is 6.20. The highest BCUT2D eigenvalue weighted by Crippen LogP contribution is 2.28. The predicted octanol–water partition coefficient (Wildman–Crippen LogP) is 1.48. The summed E-state index contributed by atoms with van der Waals surface area (Å²) in [5, 5.41) is 4.46. The largest absolute Gasteiger partial charge is 0.369 e. The molecule has 0 aliphatic carbocycles. The van der Waals surface area contributed by atoms with Crippen molar-refractivity contribution < 1.29 is 0 Å². The molecule has 0 spiro atoms. The number of aryl methyl sites for hydroxylation is 1. The van der Waals surface area contributed by atoms with Crippen molar-refractivity contribution in [3.05, 3.63) is 21.6 Å². The SMILES string of the molecule is CCCn1ncc(N2CCC(C(C)N)C2)c(Cl)c1=O. The van der Waals surface area contributed by atoms with Crippen LogP contribution in [0.15, 0.2) is 11.0 Å². The number of anilines is 1. The minimum Gasteiger partial charge on any atom is -0.369 e. The molecule has 1 aromatic heterocycles. The lowest BCUT2D eigenvalue weighted by atomic mass is 10.0. The average Bonchev–Trinajstić information content (AvgIpc) is 2.85. The first kappa shape index (κ1) is 14.3. The molecule has 1 aliphatic rings. The Kier molecular flexibility index (Phi) is 4.47. The van der Waals surface area contributed by atoms with Gasteiger partial charge in [-0.1, -0.05) is 18.5 Å². The average molecular weight is 285 g/mol. The number of nitrogens with zero attached hydrogens (tertiary/aromatic N) is 3. The van der Waals surface area contributed by atoms with Crippen LogP contribution in [0, 0.1) is 5.92 Å². The molecule has 2 N–H and O–H groups in total. The molecule has 6 heteroatoms. The minimum atomic E-state index is -0.203. The standard InChI is InChI=1S/C13H21ClN4O/c1-3-5-18-13(19)12(14)11(7-16-18)17-6-4-10(8-17)9(2)15/h7,9-10H,3-6,8,15H2,1-2H3. The van der Waals surface area contributed by atoms with Crippen molar-refractivity contribution in [3.63, 3.8) is 0 Å². The molecule has 1 fully saturated rings. The maximum Gasteiger partial charge on any atom is 0.287 e. The van der Waals surface area contributed by atoms with E-state index in [4.69, 9.17) is 17.3 Å². The minimum absolute atomic E-state index is 0.164. The summed E-state index contributed by atoms with van der Waals surface area (Å²) in [6.07, 6.45) is 3.59. The van der Waals surface area contributed by atoms with E-state index in [1.54, 1.807) is 6.20 Å². The molecule has 0 saturated carbocycles. The Bertz CT molecular complexity index is 500. The fourth-order valence-corrected chi connectivity index (χ4v) is 2.75. The summed E-state index contributed by atoms with van der Waals surface area (Å²) < 4.78 is 1.42. The fourth-order valence-electron chi connectivity index (χ4n) is 2.48.